The van der Waals surface area contributed by atoms with Crippen molar-refractivity contribution in [2.24, 2.45) is 17.6 Å². The number of carbonyl (C=O) groups excluding carboxylic acids is 3. The van der Waals surface area contributed by atoms with E-state index in [0.29, 0.717) is 11.1 Å². The Morgan fingerprint density at radius 1 is 1.21 bits per heavy atom. The number of phenols is 1. The van der Waals surface area contributed by atoms with E-state index in [4.69, 9.17) is 10.3 Å². The Hall–Kier alpha value is -4.05. The molecule has 5 rings (SSSR count). The second kappa shape index (κ2) is 9.76. The predicted octanol–water partition coefficient (Wildman–Crippen LogP) is 0.0473. The molecule has 4 atom stereocenters. The van der Waals surface area contributed by atoms with Crippen LogP contribution >= 0.6 is 0 Å². The number of nitrogens with two attached hydrogens (primary N) is 1. The Morgan fingerprint density at radius 2 is 1.88 bits per heavy atom. The standard InChI is InChI=1S/C27H30N4O10S/c1-10-23(11(2)41-30-10)42(39,40)29-9-12-5-6-16(32)18-14(12)7-13-8-15-20(31(3)4)22(34)19(26(28)37)25(36)27(15,38)24(35)17(13)21(18)33/h5-6,13,15,20,29,32-33,36,38H,7-9H2,1-4H3,(H2,28,37)/t13-,15-,20-,27-/m1/s1. The highest BCUT2D eigenvalue weighted by Gasteiger charge is 2.64. The van der Waals surface area contributed by atoms with Crippen LogP contribution in [-0.2, 0) is 37.4 Å². The lowest BCUT2D eigenvalue weighted by Crippen LogP contribution is -2.65. The number of nitrogens with zero attached hydrogens (tertiary/aromatic N) is 2. The van der Waals surface area contributed by atoms with Crippen molar-refractivity contribution in [2.75, 3.05) is 14.1 Å². The molecule has 0 spiro atoms. The molecule has 0 aliphatic heterocycles. The SMILES string of the molecule is Cc1noc(C)c1S(=O)(=O)NCc1ccc(O)c2c1C[C@@H]1C[C@@H]3[C@@H](N(C)C)C(=O)C(C(N)=O)=C(O)[C@]3(O)C(=O)C1=C2O. The zero-order chi connectivity index (χ0) is 31.0. The van der Waals surface area contributed by atoms with Crippen LogP contribution in [0.3, 0.4) is 0 Å². The number of phenolic OH excluding ortho intramolecular Hbond substituents is 1. The summed E-state index contributed by atoms with van der Waals surface area (Å²) >= 11 is 0. The Labute approximate surface area is 240 Å². The Balaban J connectivity index is 1.61. The van der Waals surface area contributed by atoms with Gasteiger partial charge in [0.2, 0.25) is 15.8 Å². The molecular formula is C27H30N4O10S. The second-order valence-corrected chi connectivity index (χ2v) is 12.7. The Morgan fingerprint density at radius 3 is 2.45 bits per heavy atom. The molecule has 14 nitrogen and oxygen atoms in total. The van der Waals surface area contributed by atoms with Gasteiger partial charge >= 0.3 is 0 Å². The summed E-state index contributed by atoms with van der Waals surface area (Å²) < 4.78 is 33.5. The number of fused-ring (bicyclic) bond motifs is 3. The van der Waals surface area contributed by atoms with Crippen molar-refractivity contribution in [1.82, 2.24) is 14.8 Å². The van der Waals surface area contributed by atoms with E-state index >= 15 is 0 Å². The molecule has 42 heavy (non-hydrogen) atoms. The zero-order valence-electron chi connectivity index (χ0n) is 23.1. The van der Waals surface area contributed by atoms with Crippen molar-refractivity contribution in [1.29, 1.82) is 0 Å². The van der Waals surface area contributed by atoms with Crippen molar-refractivity contribution in [2.45, 2.75) is 49.8 Å². The lowest BCUT2D eigenvalue weighted by atomic mass is 9.57. The third-order valence-corrected chi connectivity index (χ3v) is 10.0. The molecule has 0 unspecified atom stereocenters. The minimum absolute atomic E-state index is 0.0192. The maximum absolute atomic E-state index is 13.9. The molecule has 0 radical (unpaired) electrons. The van der Waals surface area contributed by atoms with Crippen LogP contribution in [0.4, 0.5) is 0 Å². The van der Waals surface area contributed by atoms with Gasteiger partial charge in [-0.05, 0) is 63.9 Å². The van der Waals surface area contributed by atoms with Gasteiger partial charge in [-0.1, -0.05) is 11.2 Å². The number of aromatic hydroxyl groups is 1. The van der Waals surface area contributed by atoms with Gasteiger partial charge in [0.25, 0.3) is 5.91 Å². The molecule has 1 amide bonds. The molecule has 1 saturated carbocycles. The first kappa shape index (κ1) is 29.4. The van der Waals surface area contributed by atoms with Gasteiger partial charge in [-0.3, -0.25) is 19.3 Å². The fourth-order valence-corrected chi connectivity index (χ4v) is 7.91. The number of hydrogen-bond donors (Lipinski definition) is 6. The van der Waals surface area contributed by atoms with Gasteiger partial charge in [0, 0.05) is 18.0 Å². The Bertz CT molecular complexity index is 1720. The predicted molar refractivity (Wildman–Crippen MR) is 144 cm³/mol. The molecule has 1 aromatic carbocycles. The van der Waals surface area contributed by atoms with Crippen molar-refractivity contribution >= 4 is 33.3 Å². The molecule has 3 aliphatic carbocycles. The number of aromatic nitrogens is 1. The van der Waals surface area contributed by atoms with Crippen LogP contribution in [0.2, 0.25) is 0 Å². The summed E-state index contributed by atoms with van der Waals surface area (Å²) in [5, 5.41) is 48.3. The van der Waals surface area contributed by atoms with Gasteiger partial charge < -0.3 is 30.7 Å². The number of ketones is 2. The molecule has 0 bridgehead atoms. The van der Waals surface area contributed by atoms with Crippen LogP contribution in [0.5, 0.6) is 5.75 Å². The van der Waals surface area contributed by atoms with E-state index < -0.39 is 73.8 Å². The number of hydrogen-bond acceptors (Lipinski definition) is 12. The first-order valence-electron chi connectivity index (χ1n) is 12.9. The molecule has 3 aliphatic rings. The number of rotatable bonds is 6. The van der Waals surface area contributed by atoms with Gasteiger partial charge in [0.1, 0.15) is 33.4 Å². The number of nitrogens with one attached hydrogen (secondary N) is 1. The summed E-state index contributed by atoms with van der Waals surface area (Å²) in [5.41, 5.74) is 2.15. The summed E-state index contributed by atoms with van der Waals surface area (Å²) in [7, 11) is -1.05. The van der Waals surface area contributed by atoms with Gasteiger partial charge in [0.15, 0.2) is 17.1 Å². The quantitative estimate of drug-likeness (QED) is 0.241. The van der Waals surface area contributed by atoms with Crippen LogP contribution in [0, 0.1) is 25.7 Å². The second-order valence-electron chi connectivity index (χ2n) is 11.0. The fraction of sp³-hybridized carbons (Fsp3) is 0.407. The third-order valence-electron chi connectivity index (χ3n) is 8.39. The fourth-order valence-electron chi connectivity index (χ4n) is 6.58. The average molecular weight is 603 g/mol. The van der Waals surface area contributed by atoms with Crippen LogP contribution in [-0.4, -0.2) is 82.1 Å². The molecule has 1 aromatic heterocycles. The van der Waals surface area contributed by atoms with Gasteiger partial charge in [-0.25, -0.2) is 13.1 Å². The highest BCUT2D eigenvalue weighted by atomic mass is 32.2. The van der Waals surface area contributed by atoms with Crippen LogP contribution in [0.25, 0.3) is 5.76 Å². The van der Waals surface area contributed by atoms with E-state index in [1.165, 1.54) is 45.0 Å². The van der Waals surface area contributed by atoms with Crippen molar-refractivity contribution in [3.05, 3.63) is 57.2 Å². The van der Waals surface area contributed by atoms with Crippen molar-refractivity contribution in [3.8, 4) is 5.75 Å². The van der Waals surface area contributed by atoms with Crippen molar-refractivity contribution < 1.29 is 47.8 Å². The minimum Gasteiger partial charge on any atom is -0.508 e. The lowest BCUT2D eigenvalue weighted by molar-refractivity contribution is -0.153. The first-order chi connectivity index (χ1) is 19.5. The van der Waals surface area contributed by atoms with Crippen LogP contribution in [0.1, 0.15) is 34.6 Å². The number of aliphatic hydroxyl groups is 3. The third kappa shape index (κ3) is 4.06. The van der Waals surface area contributed by atoms with E-state index in [1.807, 2.05) is 0 Å². The molecule has 7 N–H and O–H groups in total. The van der Waals surface area contributed by atoms with Crippen LogP contribution in [0.15, 0.2) is 38.5 Å². The summed E-state index contributed by atoms with van der Waals surface area (Å²) in [5.74, 6) is -7.48. The average Bonchev–Trinajstić information content (AvgIpc) is 3.23. The highest BCUT2D eigenvalue weighted by molar-refractivity contribution is 7.89. The molecule has 0 saturated heterocycles. The number of aryl methyl sites for hydroxylation is 2. The monoisotopic (exact) mass is 602 g/mol. The van der Waals surface area contributed by atoms with E-state index in [9.17, 15) is 43.2 Å². The van der Waals surface area contributed by atoms with E-state index in [1.54, 1.807) is 0 Å². The lowest BCUT2D eigenvalue weighted by Gasteiger charge is -2.50. The number of amides is 1. The minimum atomic E-state index is -4.07. The molecule has 1 heterocycles. The first-order valence-corrected chi connectivity index (χ1v) is 14.4. The number of carbonyl (C=O) groups is 3. The molecular weight excluding hydrogens is 572 g/mol. The number of sulfonamides is 1. The van der Waals surface area contributed by atoms with E-state index in [-0.39, 0.29) is 46.9 Å². The highest BCUT2D eigenvalue weighted by Crippen LogP contribution is 2.53. The van der Waals surface area contributed by atoms with Gasteiger partial charge in [0.05, 0.1) is 11.6 Å². The number of benzene rings is 1. The molecule has 2 aromatic rings. The number of likely N-dealkylation sites (N-methyl/N-ethyl adjacent to an activating group) is 1. The maximum atomic E-state index is 13.9. The van der Waals surface area contributed by atoms with Crippen LogP contribution < -0.4 is 10.5 Å². The normalized spacial score (nSPS) is 25.9. The van der Waals surface area contributed by atoms with Gasteiger partial charge in [-0.2, -0.15) is 0 Å². The van der Waals surface area contributed by atoms with Gasteiger partial charge in [-0.15, -0.1) is 0 Å². The molecule has 224 valence electrons. The van der Waals surface area contributed by atoms with Crippen molar-refractivity contribution in [3.63, 3.8) is 0 Å². The molecule has 15 heteroatoms. The summed E-state index contributed by atoms with van der Waals surface area (Å²) in [6.45, 7) is 2.68. The molecule has 1 fully saturated rings. The van der Waals surface area contributed by atoms with E-state index in [0.717, 1.165) is 0 Å². The zero-order valence-corrected chi connectivity index (χ0v) is 23.9. The smallest absolute Gasteiger partial charge is 0.255 e. The maximum Gasteiger partial charge on any atom is 0.255 e. The number of primary amides is 1. The summed E-state index contributed by atoms with van der Waals surface area (Å²) in [4.78, 5) is 40.5. The topological polar surface area (TPSA) is 234 Å². The summed E-state index contributed by atoms with van der Waals surface area (Å²) in [6, 6.07) is 1.49. The Kier molecular flexibility index (Phi) is 6.84. The summed E-state index contributed by atoms with van der Waals surface area (Å²) in [6.07, 6.45) is -0.0724. The largest absolute Gasteiger partial charge is 0.508 e. The number of aliphatic hydroxyl groups excluding tert-OH is 2. The number of Topliss-reactive ketones (excluding diaryl/α,β-unsaturated/α-hetero) is 2. The van der Waals surface area contributed by atoms with E-state index in [2.05, 4.69) is 9.88 Å².